The summed E-state index contributed by atoms with van der Waals surface area (Å²) in [7, 11) is 0. The monoisotopic (exact) mass is 348 g/mol. The Morgan fingerprint density at radius 2 is 1.45 bits per heavy atom. The second-order valence-corrected chi connectivity index (χ2v) is 9.85. The van der Waals surface area contributed by atoms with Gasteiger partial charge in [0.05, 0.1) is 5.60 Å². The van der Waals surface area contributed by atoms with Crippen LogP contribution in [0.1, 0.15) is 32.1 Å². The normalized spacial score (nSPS) is 25.1. The van der Waals surface area contributed by atoms with Gasteiger partial charge in [-0.15, -0.1) is 0 Å². The van der Waals surface area contributed by atoms with Gasteiger partial charge >= 0.3 is 0 Å². The molecule has 0 radical (unpaired) electrons. The van der Waals surface area contributed by atoms with Crippen LogP contribution in [0.3, 0.4) is 0 Å². The minimum Gasteiger partial charge on any atom is -0.387 e. The first-order valence-electron chi connectivity index (χ1n) is 3.75. The Kier molecular flexibility index (Phi) is 3.47. The Labute approximate surface area is 92.3 Å². The fraction of sp³-hybridized carbons (Fsp3) is 1.00. The Balaban J connectivity index is 2.64. The molecule has 0 aromatic rings. The Morgan fingerprint density at radius 1 is 1.00 bits per heavy atom. The summed E-state index contributed by atoms with van der Waals surface area (Å²) in [5.41, 5.74) is -0.634. The molecular formula is C7H11Br3O. The number of rotatable bonds is 0. The number of hydrogen-bond donors (Lipinski definition) is 1. The Bertz CT molecular complexity index is 135. The van der Waals surface area contributed by atoms with Gasteiger partial charge < -0.3 is 5.11 Å². The average Bonchev–Trinajstić information content (AvgIpc) is 1.87. The highest BCUT2D eigenvalue weighted by Gasteiger charge is 2.45. The molecule has 0 saturated heterocycles. The van der Waals surface area contributed by atoms with Crippen LogP contribution in [-0.4, -0.2) is 12.9 Å². The Hall–Kier alpha value is 1.40. The lowest BCUT2D eigenvalue weighted by Crippen LogP contribution is -2.43. The van der Waals surface area contributed by atoms with E-state index in [2.05, 4.69) is 47.8 Å². The molecule has 1 saturated carbocycles. The van der Waals surface area contributed by atoms with Crippen molar-refractivity contribution in [3.63, 3.8) is 0 Å². The molecule has 4 heteroatoms. The molecule has 0 aromatic carbocycles. The summed E-state index contributed by atoms with van der Waals surface area (Å²) in [6.07, 6.45) is 5.18. The van der Waals surface area contributed by atoms with Crippen LogP contribution in [0.4, 0.5) is 0 Å². The second kappa shape index (κ2) is 3.64. The minimum absolute atomic E-state index is 0.500. The van der Waals surface area contributed by atoms with Crippen molar-refractivity contribution in [1.29, 1.82) is 0 Å². The number of aliphatic hydroxyl groups is 1. The Morgan fingerprint density at radius 3 is 1.73 bits per heavy atom. The first kappa shape index (κ1) is 10.5. The molecule has 0 aliphatic heterocycles. The van der Waals surface area contributed by atoms with Crippen molar-refractivity contribution < 1.29 is 5.11 Å². The summed E-state index contributed by atoms with van der Waals surface area (Å²) in [6, 6.07) is 0. The largest absolute Gasteiger partial charge is 0.387 e. The van der Waals surface area contributed by atoms with E-state index in [0.29, 0.717) is 0 Å². The van der Waals surface area contributed by atoms with Gasteiger partial charge in [-0.25, -0.2) is 0 Å². The van der Waals surface area contributed by atoms with Gasteiger partial charge in [-0.1, -0.05) is 67.1 Å². The molecule has 0 amide bonds. The van der Waals surface area contributed by atoms with Gasteiger partial charge in [-0.2, -0.15) is 0 Å². The lowest BCUT2D eigenvalue weighted by molar-refractivity contribution is 0.0172. The van der Waals surface area contributed by atoms with E-state index in [4.69, 9.17) is 0 Å². The lowest BCUT2D eigenvalue weighted by Gasteiger charge is -2.38. The summed E-state index contributed by atoms with van der Waals surface area (Å²) < 4.78 is -0.500. The predicted octanol–water partition coefficient (Wildman–Crippen LogP) is 3.52. The number of alkyl halides is 3. The van der Waals surface area contributed by atoms with Gasteiger partial charge in [-0.3, -0.25) is 0 Å². The fourth-order valence-electron chi connectivity index (χ4n) is 1.42. The van der Waals surface area contributed by atoms with E-state index < -0.39 is 7.74 Å². The first-order valence-corrected chi connectivity index (χ1v) is 6.13. The molecule has 1 nitrogen and oxygen atoms in total. The molecule has 0 unspecified atom stereocenters. The number of halogens is 3. The summed E-state index contributed by atoms with van der Waals surface area (Å²) in [6.45, 7) is 0. The van der Waals surface area contributed by atoms with Crippen molar-refractivity contribution >= 4 is 47.8 Å². The van der Waals surface area contributed by atoms with E-state index in [9.17, 15) is 5.11 Å². The maximum Gasteiger partial charge on any atom is 0.163 e. The highest BCUT2D eigenvalue weighted by molar-refractivity contribution is 9.39. The molecule has 1 aliphatic carbocycles. The zero-order chi connectivity index (χ0) is 8.54. The molecule has 0 spiro atoms. The molecule has 0 aromatic heterocycles. The van der Waals surface area contributed by atoms with E-state index in [1.54, 1.807) is 0 Å². The standard InChI is InChI=1S/C7H11Br3O/c8-7(9,10)6(11)4-2-1-3-5-6/h11H,1-5H2. The van der Waals surface area contributed by atoms with Crippen LogP contribution in [0.15, 0.2) is 0 Å². The summed E-state index contributed by atoms with van der Waals surface area (Å²) in [5.74, 6) is 0. The SMILES string of the molecule is OC1(C(Br)(Br)Br)CCCCC1. The molecule has 0 heterocycles. The van der Waals surface area contributed by atoms with Crippen molar-refractivity contribution in [3.8, 4) is 0 Å². The third kappa shape index (κ3) is 2.42. The van der Waals surface area contributed by atoms with Crippen molar-refractivity contribution in [1.82, 2.24) is 0 Å². The maximum atomic E-state index is 10.1. The zero-order valence-corrected chi connectivity index (χ0v) is 10.9. The van der Waals surface area contributed by atoms with Crippen molar-refractivity contribution in [2.45, 2.75) is 39.8 Å². The van der Waals surface area contributed by atoms with Gasteiger partial charge in [0.2, 0.25) is 0 Å². The molecule has 66 valence electrons. The van der Waals surface area contributed by atoms with E-state index in [-0.39, 0.29) is 0 Å². The highest BCUT2D eigenvalue weighted by Crippen LogP contribution is 2.50. The van der Waals surface area contributed by atoms with Gasteiger partial charge in [0.1, 0.15) is 0 Å². The maximum absolute atomic E-state index is 10.1. The topological polar surface area (TPSA) is 20.2 Å². The van der Waals surface area contributed by atoms with Gasteiger partial charge in [0.25, 0.3) is 0 Å². The van der Waals surface area contributed by atoms with Crippen LogP contribution in [0.25, 0.3) is 0 Å². The van der Waals surface area contributed by atoms with Crippen LogP contribution in [-0.2, 0) is 0 Å². The molecule has 1 N–H and O–H groups in total. The van der Waals surface area contributed by atoms with Crippen LogP contribution in [0.2, 0.25) is 0 Å². The van der Waals surface area contributed by atoms with E-state index in [1.807, 2.05) is 0 Å². The van der Waals surface area contributed by atoms with Crippen molar-refractivity contribution in [2.24, 2.45) is 0 Å². The fourth-order valence-corrected chi connectivity index (χ4v) is 2.61. The van der Waals surface area contributed by atoms with Crippen LogP contribution in [0.5, 0.6) is 0 Å². The summed E-state index contributed by atoms with van der Waals surface area (Å²) in [4.78, 5) is 0. The lowest BCUT2D eigenvalue weighted by atomic mass is 9.86. The van der Waals surface area contributed by atoms with Crippen LogP contribution < -0.4 is 0 Å². The molecule has 11 heavy (non-hydrogen) atoms. The van der Waals surface area contributed by atoms with Crippen molar-refractivity contribution in [2.75, 3.05) is 0 Å². The third-order valence-electron chi connectivity index (χ3n) is 2.21. The average molecular weight is 351 g/mol. The third-order valence-corrected chi connectivity index (χ3v) is 4.42. The smallest absolute Gasteiger partial charge is 0.163 e. The quantitative estimate of drug-likeness (QED) is 0.663. The van der Waals surface area contributed by atoms with Gasteiger partial charge in [-0.05, 0) is 12.8 Å². The summed E-state index contributed by atoms with van der Waals surface area (Å²) in [5, 5.41) is 10.1. The van der Waals surface area contributed by atoms with E-state index in [1.165, 1.54) is 6.42 Å². The molecule has 1 fully saturated rings. The van der Waals surface area contributed by atoms with Crippen LogP contribution in [0, 0.1) is 0 Å². The second-order valence-electron chi connectivity index (χ2n) is 3.09. The molecule has 0 atom stereocenters. The number of hydrogen-bond acceptors (Lipinski definition) is 1. The van der Waals surface area contributed by atoms with E-state index in [0.717, 1.165) is 25.7 Å². The van der Waals surface area contributed by atoms with Gasteiger partial charge in [0, 0.05) is 0 Å². The minimum atomic E-state index is -0.634. The van der Waals surface area contributed by atoms with Crippen LogP contribution >= 0.6 is 47.8 Å². The first-order chi connectivity index (χ1) is 4.96. The zero-order valence-electron chi connectivity index (χ0n) is 6.12. The van der Waals surface area contributed by atoms with Crippen molar-refractivity contribution in [3.05, 3.63) is 0 Å². The molecular weight excluding hydrogens is 340 g/mol. The highest BCUT2D eigenvalue weighted by atomic mass is 80.0. The summed E-state index contributed by atoms with van der Waals surface area (Å²) >= 11 is 10.1. The predicted molar refractivity (Wildman–Crippen MR) is 57.5 cm³/mol. The molecule has 1 aliphatic rings. The molecule has 0 bridgehead atoms. The van der Waals surface area contributed by atoms with E-state index >= 15 is 0 Å². The van der Waals surface area contributed by atoms with Gasteiger partial charge in [0.15, 0.2) is 2.14 Å². The molecule has 1 rings (SSSR count).